The predicted molar refractivity (Wildman–Crippen MR) is 33.3 cm³/mol. The van der Waals surface area contributed by atoms with Crippen LogP contribution >= 0.6 is 12.4 Å². The predicted octanol–water partition coefficient (Wildman–Crippen LogP) is -3.48. The number of halogens is 1. The molecular formula is C4H12ClLiO3. The quantitative estimate of drug-likeness (QED) is 0.411. The van der Waals surface area contributed by atoms with E-state index in [-0.39, 0.29) is 45.9 Å². The summed E-state index contributed by atoms with van der Waals surface area (Å²) in [5.74, 6) is 0. The van der Waals surface area contributed by atoms with Crippen LogP contribution in [0.1, 0.15) is 1.43 Å². The van der Waals surface area contributed by atoms with Gasteiger partial charge >= 0.3 is 18.9 Å². The molecule has 1 atom stereocenters. The van der Waals surface area contributed by atoms with Crippen LogP contribution in [-0.2, 0) is 4.74 Å². The molecule has 0 heterocycles. The first-order valence-electron chi connectivity index (χ1n) is 2.09. The van der Waals surface area contributed by atoms with Crippen molar-refractivity contribution in [3.8, 4) is 0 Å². The Kier molecular flexibility index (Phi) is 21.0. The molecule has 0 aliphatic carbocycles. The fraction of sp³-hybridized carbons (Fsp3) is 1.00. The molecule has 1 unspecified atom stereocenters. The van der Waals surface area contributed by atoms with E-state index in [0.29, 0.717) is 0 Å². The van der Waals surface area contributed by atoms with Gasteiger partial charge in [-0.25, -0.2) is 0 Å². The summed E-state index contributed by atoms with van der Waals surface area (Å²) in [6, 6.07) is 0. The van der Waals surface area contributed by atoms with Gasteiger partial charge in [-0.15, -0.1) is 12.4 Å². The second-order valence-corrected chi connectivity index (χ2v) is 1.29. The molecule has 0 amide bonds. The van der Waals surface area contributed by atoms with Crippen molar-refractivity contribution in [2.24, 2.45) is 0 Å². The Bertz CT molecular complexity index is 51.5. The molecule has 0 bridgehead atoms. The fourth-order valence-electron chi connectivity index (χ4n) is 0.245. The van der Waals surface area contributed by atoms with Crippen LogP contribution in [-0.4, -0.2) is 36.6 Å². The molecule has 0 aliphatic heterocycles. The first-order valence-corrected chi connectivity index (χ1v) is 2.09. The Morgan fingerprint density at radius 2 is 2.11 bits per heavy atom. The molecule has 0 aliphatic rings. The van der Waals surface area contributed by atoms with E-state index >= 15 is 0 Å². The molecule has 0 aromatic carbocycles. The number of ether oxygens (including phenoxy) is 1. The first-order chi connectivity index (χ1) is 3.31. The third-order valence-electron chi connectivity index (χ3n) is 0.570. The molecule has 0 saturated heterocycles. The van der Waals surface area contributed by atoms with Crippen molar-refractivity contribution in [3.63, 3.8) is 0 Å². The minimum Gasteiger partial charge on any atom is -1.00 e. The third-order valence-corrected chi connectivity index (χ3v) is 0.570. The Morgan fingerprint density at radius 3 is 2.22 bits per heavy atom. The normalized spacial score (nSPS) is 11.0. The van der Waals surface area contributed by atoms with E-state index in [4.69, 9.17) is 10.2 Å². The first kappa shape index (κ1) is 16.4. The molecule has 0 radical (unpaired) electrons. The van der Waals surface area contributed by atoms with Gasteiger partial charge in [0.05, 0.1) is 13.2 Å². The zero-order valence-electron chi connectivity index (χ0n) is 6.70. The molecule has 0 rings (SSSR count). The zero-order chi connectivity index (χ0) is 5.70. The van der Waals surface area contributed by atoms with E-state index in [0.717, 1.165) is 0 Å². The summed E-state index contributed by atoms with van der Waals surface area (Å²) in [6.07, 6.45) is -0.718. The van der Waals surface area contributed by atoms with Gasteiger partial charge in [0.2, 0.25) is 0 Å². The van der Waals surface area contributed by atoms with Crippen LogP contribution in [0.25, 0.3) is 0 Å². The van der Waals surface area contributed by atoms with Crippen LogP contribution in [0.15, 0.2) is 0 Å². The summed E-state index contributed by atoms with van der Waals surface area (Å²) in [5, 5.41) is 16.6. The van der Waals surface area contributed by atoms with Crippen LogP contribution in [0.3, 0.4) is 0 Å². The van der Waals surface area contributed by atoms with E-state index in [2.05, 4.69) is 4.74 Å². The Hall–Kier alpha value is 0.767. The molecule has 0 spiro atoms. The van der Waals surface area contributed by atoms with Crippen LogP contribution in [0.5, 0.6) is 0 Å². The molecule has 3 nitrogen and oxygen atoms in total. The number of hydrogen-bond donors (Lipinski definition) is 2. The number of aliphatic hydroxyl groups is 2. The van der Waals surface area contributed by atoms with Crippen molar-refractivity contribution in [2.75, 3.05) is 20.3 Å². The van der Waals surface area contributed by atoms with Crippen molar-refractivity contribution in [2.45, 2.75) is 6.10 Å². The van der Waals surface area contributed by atoms with Gasteiger partial charge in [-0.2, -0.15) is 0 Å². The van der Waals surface area contributed by atoms with Gasteiger partial charge in [0.15, 0.2) is 0 Å². The third kappa shape index (κ3) is 12.1. The monoisotopic (exact) mass is 150 g/mol. The molecule has 5 heteroatoms. The van der Waals surface area contributed by atoms with Crippen molar-refractivity contribution < 1.29 is 35.2 Å². The van der Waals surface area contributed by atoms with Gasteiger partial charge < -0.3 is 16.4 Å². The Balaban J connectivity index is -0.0000000600. The van der Waals surface area contributed by atoms with E-state index < -0.39 is 6.10 Å². The van der Waals surface area contributed by atoms with Gasteiger partial charge in [-0.3, -0.25) is 0 Å². The second-order valence-electron chi connectivity index (χ2n) is 1.29. The van der Waals surface area contributed by atoms with Gasteiger partial charge in [0.1, 0.15) is 6.10 Å². The topological polar surface area (TPSA) is 49.7 Å². The number of aliphatic hydroxyl groups excluding tert-OH is 2. The maximum absolute atomic E-state index is 8.48. The number of hydrogen-bond acceptors (Lipinski definition) is 3. The summed E-state index contributed by atoms with van der Waals surface area (Å²) in [4.78, 5) is 0. The van der Waals surface area contributed by atoms with Gasteiger partial charge in [0, 0.05) is 7.11 Å². The number of rotatable bonds is 3. The molecular weight excluding hydrogens is 138 g/mol. The molecule has 0 saturated carbocycles. The SMILES string of the molecule is COCC(O)CO.Cl.[H-].[Li+]. The Labute approximate surface area is 74.5 Å². The summed E-state index contributed by atoms with van der Waals surface area (Å²) in [7, 11) is 1.47. The summed E-state index contributed by atoms with van der Waals surface area (Å²) < 4.78 is 4.48. The van der Waals surface area contributed by atoms with Crippen LogP contribution < -0.4 is 18.9 Å². The smallest absolute Gasteiger partial charge is 1.00 e. The second kappa shape index (κ2) is 11.5. The van der Waals surface area contributed by atoms with Crippen molar-refractivity contribution in [1.82, 2.24) is 0 Å². The molecule has 0 fully saturated rings. The summed E-state index contributed by atoms with van der Waals surface area (Å²) in [6.45, 7) is -0.0235. The van der Waals surface area contributed by atoms with E-state index in [1.165, 1.54) is 7.11 Å². The standard InChI is InChI=1S/C4H10O3.ClH.Li.H/c1-7-3-4(6)2-5;;;/h4-6H,2-3H2,1H3;1H;;/q;;+1;-1. The fourth-order valence-corrected chi connectivity index (χ4v) is 0.245. The van der Waals surface area contributed by atoms with E-state index in [1.807, 2.05) is 0 Å². The summed E-state index contributed by atoms with van der Waals surface area (Å²) >= 11 is 0. The zero-order valence-corrected chi connectivity index (χ0v) is 6.52. The van der Waals surface area contributed by atoms with Crippen molar-refractivity contribution in [1.29, 1.82) is 0 Å². The van der Waals surface area contributed by atoms with Crippen LogP contribution in [0.2, 0.25) is 0 Å². The van der Waals surface area contributed by atoms with Gasteiger partial charge in [0.25, 0.3) is 0 Å². The van der Waals surface area contributed by atoms with Crippen LogP contribution in [0.4, 0.5) is 0 Å². The van der Waals surface area contributed by atoms with E-state index in [1.54, 1.807) is 0 Å². The molecule has 54 valence electrons. The minimum absolute atomic E-state index is 0. The van der Waals surface area contributed by atoms with Crippen LogP contribution in [0, 0.1) is 0 Å². The molecule has 9 heavy (non-hydrogen) atoms. The summed E-state index contributed by atoms with van der Waals surface area (Å²) in [5.41, 5.74) is 0. The average Bonchev–Trinajstić information content (AvgIpc) is 1.68. The Morgan fingerprint density at radius 1 is 1.67 bits per heavy atom. The van der Waals surface area contributed by atoms with Crippen molar-refractivity contribution in [3.05, 3.63) is 0 Å². The number of methoxy groups -OCH3 is 1. The largest absolute Gasteiger partial charge is 1.00 e. The maximum atomic E-state index is 8.48. The van der Waals surface area contributed by atoms with Crippen molar-refractivity contribution >= 4 is 12.4 Å². The van der Waals surface area contributed by atoms with Gasteiger partial charge in [-0.05, 0) is 0 Å². The molecule has 0 aromatic heterocycles. The average molecular weight is 151 g/mol. The minimum atomic E-state index is -0.718. The van der Waals surface area contributed by atoms with Gasteiger partial charge in [-0.1, -0.05) is 0 Å². The van der Waals surface area contributed by atoms with E-state index in [9.17, 15) is 0 Å². The maximum Gasteiger partial charge on any atom is 1.00 e. The molecule has 2 N–H and O–H groups in total. The molecule has 0 aromatic rings.